The SMILES string of the molecule is O=P(O)(O)O.[Mo].c1ccc2ncccc2c1. The molecule has 3 N–H and O–H groups in total. The summed E-state index contributed by atoms with van der Waals surface area (Å²) in [7, 11) is -4.64. The number of hydrogen-bond acceptors (Lipinski definition) is 2. The summed E-state index contributed by atoms with van der Waals surface area (Å²) in [4.78, 5) is 25.7. The van der Waals surface area contributed by atoms with Crippen molar-refractivity contribution in [3.05, 3.63) is 42.6 Å². The average Bonchev–Trinajstić information content (AvgIpc) is 2.16. The monoisotopic (exact) mass is 325 g/mol. The number of phosphoric acid groups is 1. The predicted molar refractivity (Wildman–Crippen MR) is 56.0 cm³/mol. The van der Waals surface area contributed by atoms with E-state index < -0.39 is 7.82 Å². The van der Waals surface area contributed by atoms with E-state index in [-0.39, 0.29) is 21.1 Å². The normalized spacial score (nSPS) is 9.94. The summed E-state index contributed by atoms with van der Waals surface area (Å²) in [5, 5.41) is 1.20. The van der Waals surface area contributed by atoms with Crippen molar-refractivity contribution in [1.82, 2.24) is 4.98 Å². The van der Waals surface area contributed by atoms with Crippen LogP contribution in [0.25, 0.3) is 10.9 Å². The van der Waals surface area contributed by atoms with Crippen LogP contribution in [-0.2, 0) is 25.6 Å². The molecule has 0 atom stereocenters. The molecule has 0 saturated heterocycles. The van der Waals surface area contributed by atoms with Gasteiger partial charge < -0.3 is 14.7 Å². The van der Waals surface area contributed by atoms with Crippen LogP contribution in [0.4, 0.5) is 0 Å². The van der Waals surface area contributed by atoms with Crippen molar-refractivity contribution in [3.63, 3.8) is 0 Å². The maximum absolute atomic E-state index is 8.88. The summed E-state index contributed by atoms with van der Waals surface area (Å²) in [5.74, 6) is 0. The third-order valence-electron chi connectivity index (χ3n) is 1.51. The van der Waals surface area contributed by atoms with Gasteiger partial charge >= 0.3 is 7.82 Å². The summed E-state index contributed by atoms with van der Waals surface area (Å²) in [6.45, 7) is 0. The third-order valence-corrected chi connectivity index (χ3v) is 1.51. The molecule has 0 amide bonds. The minimum atomic E-state index is -4.64. The first-order valence-electron chi connectivity index (χ1n) is 4.05. The predicted octanol–water partition coefficient (Wildman–Crippen LogP) is 1.30. The first-order valence-corrected chi connectivity index (χ1v) is 5.61. The van der Waals surface area contributed by atoms with Gasteiger partial charge in [-0.25, -0.2) is 4.57 Å². The Morgan fingerprint density at radius 1 is 1.00 bits per heavy atom. The van der Waals surface area contributed by atoms with Crippen LogP contribution in [-0.4, -0.2) is 19.7 Å². The fourth-order valence-electron chi connectivity index (χ4n) is 1.02. The van der Waals surface area contributed by atoms with E-state index in [9.17, 15) is 0 Å². The molecular formula is C9H10MoNO4P. The van der Waals surface area contributed by atoms with Crippen molar-refractivity contribution < 1.29 is 40.3 Å². The first-order chi connectivity index (χ1) is 6.97. The van der Waals surface area contributed by atoms with Crippen LogP contribution in [0.1, 0.15) is 0 Å². The number of fused-ring (bicyclic) bond motifs is 1. The van der Waals surface area contributed by atoms with Crippen molar-refractivity contribution in [3.8, 4) is 0 Å². The summed E-state index contributed by atoms with van der Waals surface area (Å²) < 4.78 is 8.88. The molecule has 0 aliphatic heterocycles. The summed E-state index contributed by atoms with van der Waals surface area (Å²) in [6.07, 6.45) is 1.81. The fourth-order valence-corrected chi connectivity index (χ4v) is 1.02. The van der Waals surface area contributed by atoms with Crippen molar-refractivity contribution >= 4 is 18.7 Å². The van der Waals surface area contributed by atoms with Gasteiger partial charge in [0.05, 0.1) is 5.52 Å². The zero-order chi connectivity index (χ0) is 11.3. The molecule has 0 aliphatic carbocycles. The van der Waals surface area contributed by atoms with Gasteiger partial charge in [-0.05, 0) is 12.1 Å². The topological polar surface area (TPSA) is 90.7 Å². The Morgan fingerprint density at radius 3 is 2.06 bits per heavy atom. The Bertz CT molecular complexity index is 414. The molecule has 0 fully saturated rings. The molecule has 0 bridgehead atoms. The number of para-hydroxylation sites is 1. The van der Waals surface area contributed by atoms with Gasteiger partial charge in [-0.3, -0.25) is 4.98 Å². The maximum Gasteiger partial charge on any atom is 0.466 e. The second kappa shape index (κ2) is 6.89. The number of pyridine rings is 1. The van der Waals surface area contributed by atoms with Gasteiger partial charge in [-0.2, -0.15) is 0 Å². The molecule has 0 spiro atoms. The first kappa shape index (κ1) is 15.4. The molecule has 1 aromatic carbocycles. The molecule has 0 aliphatic rings. The second-order valence-electron chi connectivity index (χ2n) is 2.71. The Hall–Kier alpha value is -0.572. The van der Waals surface area contributed by atoms with Crippen molar-refractivity contribution in [2.75, 3.05) is 0 Å². The number of benzene rings is 1. The zero-order valence-electron chi connectivity index (χ0n) is 8.09. The Balaban J connectivity index is 0.000000330. The molecule has 1 aromatic heterocycles. The minimum absolute atomic E-state index is 0. The Kier molecular flexibility index (Phi) is 6.65. The molecular weight excluding hydrogens is 313 g/mol. The van der Waals surface area contributed by atoms with E-state index >= 15 is 0 Å². The molecule has 2 rings (SSSR count). The molecule has 0 radical (unpaired) electrons. The zero-order valence-corrected chi connectivity index (χ0v) is 11.0. The number of aromatic nitrogens is 1. The molecule has 0 unspecified atom stereocenters. The van der Waals surface area contributed by atoms with Crippen LogP contribution in [0.15, 0.2) is 42.6 Å². The summed E-state index contributed by atoms with van der Waals surface area (Å²) >= 11 is 0. The molecule has 16 heavy (non-hydrogen) atoms. The molecule has 2 aromatic rings. The summed E-state index contributed by atoms with van der Waals surface area (Å²) in [6, 6.07) is 12.1. The van der Waals surface area contributed by atoms with E-state index in [0.29, 0.717) is 0 Å². The third kappa shape index (κ3) is 6.83. The quantitative estimate of drug-likeness (QED) is 0.502. The minimum Gasteiger partial charge on any atom is -0.303 e. The molecule has 5 nitrogen and oxygen atoms in total. The summed E-state index contributed by atoms with van der Waals surface area (Å²) in [5.41, 5.74) is 1.06. The number of rotatable bonds is 0. The largest absolute Gasteiger partial charge is 0.466 e. The van der Waals surface area contributed by atoms with E-state index in [4.69, 9.17) is 19.2 Å². The van der Waals surface area contributed by atoms with E-state index in [1.165, 1.54) is 5.39 Å². The van der Waals surface area contributed by atoms with Crippen LogP contribution < -0.4 is 0 Å². The van der Waals surface area contributed by atoms with Gasteiger partial charge in [-0.15, -0.1) is 0 Å². The van der Waals surface area contributed by atoms with Gasteiger partial charge in [0.2, 0.25) is 0 Å². The van der Waals surface area contributed by atoms with Crippen LogP contribution in [0.5, 0.6) is 0 Å². The Labute approximate surface area is 107 Å². The van der Waals surface area contributed by atoms with Gasteiger partial charge in [0.25, 0.3) is 0 Å². The molecule has 86 valence electrons. The van der Waals surface area contributed by atoms with E-state index in [2.05, 4.69) is 17.1 Å². The molecule has 1 heterocycles. The average molecular weight is 323 g/mol. The van der Waals surface area contributed by atoms with Crippen LogP contribution >= 0.6 is 7.82 Å². The van der Waals surface area contributed by atoms with Crippen molar-refractivity contribution in [1.29, 1.82) is 0 Å². The van der Waals surface area contributed by atoms with Gasteiger partial charge in [0, 0.05) is 32.6 Å². The van der Waals surface area contributed by atoms with Gasteiger partial charge in [-0.1, -0.05) is 24.3 Å². The van der Waals surface area contributed by atoms with Gasteiger partial charge in [0.1, 0.15) is 0 Å². The van der Waals surface area contributed by atoms with E-state index in [1.54, 1.807) is 0 Å². The van der Waals surface area contributed by atoms with E-state index in [1.807, 2.05) is 30.5 Å². The van der Waals surface area contributed by atoms with Crippen LogP contribution in [0.2, 0.25) is 0 Å². The maximum atomic E-state index is 8.88. The van der Waals surface area contributed by atoms with Crippen molar-refractivity contribution in [2.24, 2.45) is 0 Å². The van der Waals surface area contributed by atoms with E-state index in [0.717, 1.165) is 5.52 Å². The number of nitrogens with zero attached hydrogens (tertiary/aromatic N) is 1. The standard InChI is InChI=1S/C9H7N.Mo.H3O4P/c1-2-6-9-8(4-1)5-3-7-10-9;;1-5(2,3)4/h1-7H;;(H3,1,2,3,4). The molecule has 0 saturated carbocycles. The van der Waals surface area contributed by atoms with Crippen molar-refractivity contribution in [2.45, 2.75) is 0 Å². The molecule has 7 heteroatoms. The second-order valence-corrected chi connectivity index (χ2v) is 3.74. The van der Waals surface area contributed by atoms with Crippen LogP contribution in [0, 0.1) is 0 Å². The smallest absolute Gasteiger partial charge is 0.303 e. The number of hydrogen-bond donors (Lipinski definition) is 3. The Morgan fingerprint density at radius 2 is 1.50 bits per heavy atom. The van der Waals surface area contributed by atoms with Crippen LogP contribution in [0.3, 0.4) is 0 Å². The van der Waals surface area contributed by atoms with Gasteiger partial charge in [0.15, 0.2) is 0 Å². The fraction of sp³-hybridized carbons (Fsp3) is 0.